The van der Waals surface area contributed by atoms with E-state index in [2.05, 4.69) is 26.3 Å². The lowest BCUT2D eigenvalue weighted by Crippen LogP contribution is -2.38. The molecule has 1 atom stereocenters. The highest BCUT2D eigenvalue weighted by atomic mass is 19.3. The highest BCUT2D eigenvalue weighted by Gasteiger charge is 2.35. The van der Waals surface area contributed by atoms with Crippen LogP contribution in [0.2, 0.25) is 0 Å². The Balaban J connectivity index is 1.71. The molecule has 1 saturated carbocycles. The zero-order chi connectivity index (χ0) is 22.1. The molecule has 3 aromatic rings. The molecule has 0 bridgehead atoms. The fraction of sp³-hybridized carbons (Fsp3) is 0.429. The van der Waals surface area contributed by atoms with Gasteiger partial charge >= 0.3 is 0 Å². The summed E-state index contributed by atoms with van der Waals surface area (Å²) in [5, 5.41) is 12.2. The van der Waals surface area contributed by atoms with E-state index in [-0.39, 0.29) is 17.7 Å². The number of hydrogen-bond acceptors (Lipinski definition) is 6. The number of nitrogens with one attached hydrogen (secondary N) is 1. The van der Waals surface area contributed by atoms with E-state index < -0.39 is 24.1 Å². The van der Waals surface area contributed by atoms with Gasteiger partial charge in [-0.25, -0.2) is 23.7 Å². The van der Waals surface area contributed by atoms with E-state index in [1.165, 1.54) is 6.20 Å². The summed E-state index contributed by atoms with van der Waals surface area (Å²) >= 11 is 0. The van der Waals surface area contributed by atoms with Gasteiger partial charge in [0.1, 0.15) is 28.8 Å². The number of nitriles is 1. The summed E-state index contributed by atoms with van der Waals surface area (Å²) < 4.78 is 27.4. The van der Waals surface area contributed by atoms with Gasteiger partial charge < -0.3 is 9.88 Å². The lowest BCUT2D eigenvalue weighted by atomic mass is 9.79. The Morgan fingerprint density at radius 2 is 2.00 bits per heavy atom. The predicted molar refractivity (Wildman–Crippen MR) is 107 cm³/mol. The van der Waals surface area contributed by atoms with Gasteiger partial charge in [0.05, 0.1) is 24.0 Å². The summed E-state index contributed by atoms with van der Waals surface area (Å²) in [6, 6.07) is 3.36. The average molecular weight is 425 g/mol. The van der Waals surface area contributed by atoms with E-state index in [4.69, 9.17) is 4.98 Å². The number of imidazole rings is 1. The molecular formula is C21H21F2N7O. The van der Waals surface area contributed by atoms with Gasteiger partial charge in [-0.15, -0.1) is 0 Å². The van der Waals surface area contributed by atoms with Gasteiger partial charge in [-0.05, 0) is 38.7 Å². The van der Waals surface area contributed by atoms with Gasteiger partial charge in [0.15, 0.2) is 5.65 Å². The van der Waals surface area contributed by atoms with Crippen molar-refractivity contribution in [1.82, 2.24) is 29.8 Å². The van der Waals surface area contributed by atoms with E-state index in [9.17, 15) is 18.8 Å². The van der Waals surface area contributed by atoms with Crippen molar-refractivity contribution >= 4 is 17.1 Å². The van der Waals surface area contributed by atoms with Gasteiger partial charge in [0.2, 0.25) is 0 Å². The largest absolute Gasteiger partial charge is 0.340 e. The van der Waals surface area contributed by atoms with Crippen molar-refractivity contribution in [3.8, 4) is 6.07 Å². The van der Waals surface area contributed by atoms with Gasteiger partial charge in [0, 0.05) is 12.2 Å². The van der Waals surface area contributed by atoms with Crippen LogP contribution < -0.4 is 5.32 Å². The van der Waals surface area contributed by atoms with Gasteiger partial charge in [-0.1, -0.05) is 6.42 Å². The van der Waals surface area contributed by atoms with Crippen LogP contribution in [0.5, 0.6) is 0 Å². The van der Waals surface area contributed by atoms with Gasteiger partial charge in [-0.3, -0.25) is 9.78 Å². The Bertz CT molecular complexity index is 1150. The molecule has 1 fully saturated rings. The first-order chi connectivity index (χ1) is 14.9. The second-order valence-electron chi connectivity index (χ2n) is 7.88. The number of nitrogens with zero attached hydrogens (tertiary/aromatic N) is 6. The van der Waals surface area contributed by atoms with Crippen molar-refractivity contribution in [2.75, 3.05) is 0 Å². The molecule has 0 aromatic carbocycles. The number of pyridine rings is 1. The summed E-state index contributed by atoms with van der Waals surface area (Å²) in [5.74, 6) is 0.336. The highest BCUT2D eigenvalue weighted by Crippen LogP contribution is 2.39. The quantitative estimate of drug-likeness (QED) is 0.642. The van der Waals surface area contributed by atoms with E-state index in [1.807, 2.05) is 18.4 Å². The van der Waals surface area contributed by atoms with Crippen molar-refractivity contribution in [3.05, 3.63) is 47.4 Å². The number of carbonyl (C=O) groups is 1. The number of amides is 1. The van der Waals surface area contributed by atoms with Crippen LogP contribution in [0.3, 0.4) is 0 Å². The van der Waals surface area contributed by atoms with Crippen LogP contribution >= 0.6 is 0 Å². The monoisotopic (exact) mass is 425 g/mol. The Morgan fingerprint density at radius 1 is 1.23 bits per heavy atom. The number of halogens is 2. The van der Waals surface area contributed by atoms with Crippen LogP contribution in [-0.4, -0.2) is 30.4 Å². The zero-order valence-electron chi connectivity index (χ0n) is 17.1. The fourth-order valence-corrected chi connectivity index (χ4v) is 3.74. The van der Waals surface area contributed by atoms with Crippen LogP contribution in [-0.2, 0) is 0 Å². The summed E-state index contributed by atoms with van der Waals surface area (Å²) in [7, 11) is 0. The van der Waals surface area contributed by atoms with Crippen LogP contribution in [0, 0.1) is 17.2 Å². The average Bonchev–Trinajstić information content (AvgIpc) is 3.10. The number of fused-ring (bicyclic) bond motifs is 1. The standard InChI is InChI=1S/C21H21F2N7O/c1-11(2)30-19-14(6-12(7-24)8-27-19)28-20(30)17(13-4-3-5-13)29-21(31)16-10-25-15(9-26-16)18(22)23/h6,8-11,13,17-18H,3-5H2,1-2H3,(H,29,31)/t17-/m0/s1. The summed E-state index contributed by atoms with van der Waals surface area (Å²) in [5.41, 5.74) is 1.12. The second kappa shape index (κ2) is 8.34. The van der Waals surface area contributed by atoms with Gasteiger partial charge in [0.25, 0.3) is 12.3 Å². The minimum atomic E-state index is -2.75. The van der Waals surface area contributed by atoms with Crippen molar-refractivity contribution in [3.63, 3.8) is 0 Å². The Kier molecular flexibility index (Phi) is 5.59. The van der Waals surface area contributed by atoms with Crippen molar-refractivity contribution in [2.45, 2.75) is 51.6 Å². The van der Waals surface area contributed by atoms with Crippen molar-refractivity contribution < 1.29 is 13.6 Å². The number of carbonyl (C=O) groups excluding carboxylic acids is 1. The first-order valence-electron chi connectivity index (χ1n) is 10.1. The molecule has 0 aliphatic heterocycles. The predicted octanol–water partition coefficient (Wildman–Crippen LogP) is 3.88. The molecule has 0 unspecified atom stereocenters. The summed E-state index contributed by atoms with van der Waals surface area (Å²) in [6.07, 6.45) is 3.64. The SMILES string of the molecule is CC(C)n1c([C@@H](NC(=O)c2cnc(C(F)F)cn2)C2CCC2)nc2cc(C#N)cnc21. The molecule has 1 aliphatic rings. The first kappa shape index (κ1) is 20.8. The molecule has 8 nitrogen and oxygen atoms in total. The van der Waals surface area contributed by atoms with Crippen molar-refractivity contribution in [1.29, 1.82) is 5.26 Å². The normalized spacial score (nSPS) is 15.1. The maximum Gasteiger partial charge on any atom is 0.281 e. The number of rotatable bonds is 6. The molecule has 1 N–H and O–H groups in total. The molecule has 160 valence electrons. The van der Waals surface area contributed by atoms with Crippen molar-refractivity contribution in [2.24, 2.45) is 5.92 Å². The third kappa shape index (κ3) is 3.95. The molecule has 0 spiro atoms. The molecule has 4 rings (SSSR count). The fourth-order valence-electron chi connectivity index (χ4n) is 3.74. The van der Waals surface area contributed by atoms with Crippen LogP contribution in [0.4, 0.5) is 8.78 Å². The maximum absolute atomic E-state index is 12.9. The topological polar surface area (TPSA) is 109 Å². The second-order valence-corrected chi connectivity index (χ2v) is 7.88. The molecule has 10 heteroatoms. The van der Waals surface area contributed by atoms with E-state index in [0.717, 1.165) is 31.7 Å². The molecule has 3 heterocycles. The number of hydrogen-bond donors (Lipinski definition) is 1. The Hall–Kier alpha value is -3.48. The molecule has 0 radical (unpaired) electrons. The summed E-state index contributed by atoms with van der Waals surface area (Å²) in [4.78, 5) is 29.5. The molecule has 1 amide bonds. The molecular weight excluding hydrogens is 404 g/mol. The molecule has 31 heavy (non-hydrogen) atoms. The highest BCUT2D eigenvalue weighted by molar-refractivity contribution is 5.92. The van der Waals surface area contributed by atoms with Gasteiger partial charge in [-0.2, -0.15) is 5.26 Å². The third-order valence-corrected chi connectivity index (χ3v) is 5.52. The van der Waals surface area contributed by atoms with E-state index in [0.29, 0.717) is 22.6 Å². The smallest absolute Gasteiger partial charge is 0.281 e. The van der Waals surface area contributed by atoms with Crippen LogP contribution in [0.25, 0.3) is 11.2 Å². The Morgan fingerprint density at radius 3 is 2.55 bits per heavy atom. The minimum absolute atomic E-state index is 0.0185. The summed E-state index contributed by atoms with van der Waals surface area (Å²) in [6.45, 7) is 4.00. The lowest BCUT2D eigenvalue weighted by molar-refractivity contribution is 0.0887. The van der Waals surface area contributed by atoms with Crippen LogP contribution in [0.1, 0.15) is 79.2 Å². The Labute approximate surface area is 177 Å². The lowest BCUT2D eigenvalue weighted by Gasteiger charge is -2.34. The van der Waals surface area contributed by atoms with E-state index in [1.54, 1.807) is 6.07 Å². The molecule has 0 saturated heterocycles. The number of alkyl halides is 2. The zero-order valence-corrected chi connectivity index (χ0v) is 17.1. The first-order valence-corrected chi connectivity index (χ1v) is 10.1. The third-order valence-electron chi connectivity index (χ3n) is 5.52. The molecule has 1 aliphatic carbocycles. The molecule has 3 aromatic heterocycles. The minimum Gasteiger partial charge on any atom is -0.340 e. The van der Waals surface area contributed by atoms with Crippen LogP contribution in [0.15, 0.2) is 24.7 Å². The number of aromatic nitrogens is 5. The maximum atomic E-state index is 12.9. The van der Waals surface area contributed by atoms with E-state index >= 15 is 0 Å².